The number of fused-ring (bicyclic) bond motifs is 3. The summed E-state index contributed by atoms with van der Waals surface area (Å²) in [6, 6.07) is 47.1. The molecule has 10 rings (SSSR count). The van der Waals surface area contributed by atoms with Crippen LogP contribution in [-0.4, -0.2) is 76.0 Å². The zero-order valence-electron chi connectivity index (χ0n) is 37.8. The lowest BCUT2D eigenvalue weighted by Crippen LogP contribution is -2.62. The van der Waals surface area contributed by atoms with E-state index in [2.05, 4.69) is 0 Å². The van der Waals surface area contributed by atoms with E-state index in [9.17, 15) is 9.90 Å². The van der Waals surface area contributed by atoms with Crippen LogP contribution in [0, 0.1) is 11.8 Å². The van der Waals surface area contributed by atoms with Crippen molar-refractivity contribution in [1.29, 1.82) is 0 Å². The van der Waals surface area contributed by atoms with Crippen molar-refractivity contribution in [3.8, 4) is 28.7 Å². The van der Waals surface area contributed by atoms with Crippen LogP contribution in [0.3, 0.4) is 0 Å². The Morgan fingerprint density at radius 2 is 1.09 bits per heavy atom. The molecule has 1 aliphatic carbocycles. The molecule has 68 heavy (non-hydrogen) atoms. The van der Waals surface area contributed by atoms with E-state index < -0.39 is 60.5 Å². The summed E-state index contributed by atoms with van der Waals surface area (Å²) in [4.78, 5) is 14.2. The lowest BCUT2D eigenvalue weighted by molar-refractivity contribution is -0.341. The molecule has 2 saturated heterocycles. The van der Waals surface area contributed by atoms with Crippen molar-refractivity contribution in [3.63, 3.8) is 0 Å². The van der Waals surface area contributed by atoms with Gasteiger partial charge in [-0.05, 0) is 63.2 Å². The molecule has 13 nitrogen and oxygen atoms in total. The van der Waals surface area contributed by atoms with Gasteiger partial charge in [-0.2, -0.15) is 0 Å². The summed E-state index contributed by atoms with van der Waals surface area (Å²) in [5, 5.41) is 11.0. The number of phenolic OH excluding ortho intramolecular Hbond substituents is 1. The minimum absolute atomic E-state index is 0.0285. The van der Waals surface area contributed by atoms with Crippen LogP contribution < -0.4 is 18.9 Å². The normalized spacial score (nSPS) is 24.7. The highest BCUT2D eigenvalue weighted by atomic mass is 16.7. The molecule has 352 valence electrons. The van der Waals surface area contributed by atoms with Crippen molar-refractivity contribution >= 4 is 5.97 Å². The summed E-state index contributed by atoms with van der Waals surface area (Å²) in [5.74, 6) is -0.938. The van der Waals surface area contributed by atoms with E-state index in [-0.39, 0.29) is 57.1 Å². The Bertz CT molecular complexity index is 2590. The standard InChI is InChI=1S/C55H54O13/c1-58-44-23-38(24-45(59-2)49(44)56)47-39-25-42-43(66-33-65-42)26-40(39)50(41-31-64-54(57)48(41)47)68-55-53(63-30-37-21-13-6-14-22-37)52(62-29-36-19-11-5-12-20-36)51(61-28-35-17-9-4-10-18-35)46(67-55)32-60-27-34-15-7-3-8-16-34/h3-26,41,46-48,50-53,55-56H,27-33H2,1-2H3/t41-,46+,47+,48-,50+,51+,52-,53+,55+/m0/s1. The van der Waals surface area contributed by atoms with Crippen LogP contribution in [0.4, 0.5) is 0 Å². The highest BCUT2D eigenvalue weighted by molar-refractivity contribution is 5.79. The number of hydrogen-bond donors (Lipinski definition) is 1. The van der Waals surface area contributed by atoms with E-state index in [0.29, 0.717) is 23.7 Å². The third-order valence-electron chi connectivity index (χ3n) is 13.1. The molecule has 6 aromatic rings. The number of phenols is 1. The maximum absolute atomic E-state index is 14.2. The zero-order valence-corrected chi connectivity index (χ0v) is 37.8. The van der Waals surface area contributed by atoms with Crippen LogP contribution in [0.1, 0.15) is 51.0 Å². The molecule has 0 bridgehead atoms. The second-order valence-corrected chi connectivity index (χ2v) is 17.3. The first-order valence-corrected chi connectivity index (χ1v) is 22.9. The Morgan fingerprint density at radius 1 is 0.588 bits per heavy atom. The zero-order chi connectivity index (χ0) is 46.4. The summed E-state index contributed by atoms with van der Waals surface area (Å²) < 4.78 is 71.0. The van der Waals surface area contributed by atoms with Gasteiger partial charge in [0.25, 0.3) is 0 Å². The van der Waals surface area contributed by atoms with Gasteiger partial charge in [-0.25, -0.2) is 0 Å². The Hall–Kier alpha value is -6.45. The highest BCUT2D eigenvalue weighted by Gasteiger charge is 2.56. The average Bonchev–Trinajstić information content (AvgIpc) is 4.01. The molecule has 9 atom stereocenters. The van der Waals surface area contributed by atoms with Crippen LogP contribution >= 0.6 is 0 Å². The lowest BCUT2D eigenvalue weighted by atomic mass is 9.66. The van der Waals surface area contributed by atoms with Crippen LogP contribution in [0.2, 0.25) is 0 Å². The van der Waals surface area contributed by atoms with Gasteiger partial charge in [-0.15, -0.1) is 0 Å². The fraction of sp³-hybridized carbons (Fsp3) is 0.327. The molecule has 4 aliphatic rings. The van der Waals surface area contributed by atoms with Crippen molar-refractivity contribution in [2.24, 2.45) is 11.8 Å². The SMILES string of the molecule is COc1cc([C@@H]2c3cc4c(cc3[C@@H](O[C@H]3O[C@H](COCc5ccccc5)[C@@H](OCc5ccccc5)[C@H](OCc5ccccc5)[C@H]3OCc3ccccc3)[C@H]3COC(=O)[C@H]23)OCO4)cc(OC)c1O. The molecule has 0 aromatic heterocycles. The number of cyclic esters (lactones) is 1. The first-order chi connectivity index (χ1) is 33.4. The van der Waals surface area contributed by atoms with Gasteiger partial charge in [-0.3, -0.25) is 4.79 Å². The number of esters is 1. The summed E-state index contributed by atoms with van der Waals surface area (Å²) >= 11 is 0. The molecule has 0 amide bonds. The van der Waals surface area contributed by atoms with E-state index in [1.165, 1.54) is 14.2 Å². The van der Waals surface area contributed by atoms with Gasteiger partial charge in [-0.1, -0.05) is 121 Å². The smallest absolute Gasteiger partial charge is 0.310 e. The first kappa shape index (κ1) is 45.3. The van der Waals surface area contributed by atoms with Crippen molar-refractivity contribution in [2.75, 3.05) is 34.2 Å². The van der Waals surface area contributed by atoms with Crippen molar-refractivity contribution < 1.29 is 62.0 Å². The Kier molecular flexibility index (Phi) is 13.9. The summed E-state index contributed by atoms with van der Waals surface area (Å²) in [6.45, 7) is 1.28. The number of ether oxygens (including phenoxy) is 11. The fourth-order valence-corrected chi connectivity index (χ4v) is 9.78. The molecular formula is C55H54O13. The number of methoxy groups -OCH3 is 2. The van der Waals surface area contributed by atoms with Crippen LogP contribution in [0.25, 0.3) is 0 Å². The molecule has 6 aromatic carbocycles. The van der Waals surface area contributed by atoms with Gasteiger partial charge >= 0.3 is 5.97 Å². The van der Waals surface area contributed by atoms with Gasteiger partial charge in [0.05, 0.1) is 65.9 Å². The predicted molar refractivity (Wildman–Crippen MR) is 247 cm³/mol. The molecule has 2 fully saturated rings. The molecular weight excluding hydrogens is 869 g/mol. The van der Waals surface area contributed by atoms with Gasteiger partial charge in [0.1, 0.15) is 24.4 Å². The van der Waals surface area contributed by atoms with Crippen molar-refractivity contribution in [1.82, 2.24) is 0 Å². The number of carbonyl (C=O) groups excluding carboxylic acids is 1. The molecule has 13 heteroatoms. The lowest BCUT2D eigenvalue weighted by Gasteiger charge is -2.48. The molecule has 3 aliphatic heterocycles. The van der Waals surface area contributed by atoms with Crippen LogP contribution in [0.5, 0.6) is 28.7 Å². The number of carbonyl (C=O) groups is 1. The Labute approximate surface area is 395 Å². The van der Waals surface area contributed by atoms with Gasteiger partial charge in [0.15, 0.2) is 29.3 Å². The van der Waals surface area contributed by atoms with Crippen molar-refractivity contribution in [2.45, 2.75) is 69.2 Å². The van der Waals surface area contributed by atoms with Crippen LogP contribution in [-0.2, 0) is 64.4 Å². The Balaban J connectivity index is 1.07. The number of aromatic hydroxyl groups is 1. The predicted octanol–water partition coefficient (Wildman–Crippen LogP) is 8.83. The van der Waals surface area contributed by atoms with E-state index in [1.54, 1.807) is 12.1 Å². The second-order valence-electron chi connectivity index (χ2n) is 17.3. The van der Waals surface area contributed by atoms with Crippen molar-refractivity contribution in [3.05, 3.63) is 185 Å². The molecule has 3 heterocycles. The minimum atomic E-state index is -1.09. The minimum Gasteiger partial charge on any atom is -0.502 e. The summed E-state index contributed by atoms with van der Waals surface area (Å²) in [6.07, 6.45) is -4.92. The maximum Gasteiger partial charge on any atom is 0.310 e. The van der Waals surface area contributed by atoms with Gasteiger partial charge in [0, 0.05) is 11.8 Å². The van der Waals surface area contributed by atoms with Gasteiger partial charge in [0.2, 0.25) is 12.5 Å². The number of benzene rings is 6. The van der Waals surface area contributed by atoms with Gasteiger partial charge < -0.3 is 57.2 Å². The van der Waals surface area contributed by atoms with E-state index in [1.807, 2.05) is 133 Å². The van der Waals surface area contributed by atoms with E-state index in [0.717, 1.165) is 33.4 Å². The molecule has 1 N–H and O–H groups in total. The Morgan fingerprint density at radius 3 is 1.63 bits per heavy atom. The molecule has 0 unspecified atom stereocenters. The quantitative estimate of drug-likeness (QED) is 0.0823. The summed E-state index contributed by atoms with van der Waals surface area (Å²) in [5.41, 5.74) is 6.05. The number of hydrogen-bond acceptors (Lipinski definition) is 13. The molecule has 0 radical (unpaired) electrons. The monoisotopic (exact) mass is 922 g/mol. The maximum atomic E-state index is 14.2. The van der Waals surface area contributed by atoms with Crippen LogP contribution in [0.15, 0.2) is 146 Å². The topological polar surface area (TPSA) is 139 Å². The third kappa shape index (κ3) is 9.64. The van der Waals surface area contributed by atoms with E-state index >= 15 is 0 Å². The molecule has 0 spiro atoms. The number of rotatable bonds is 18. The fourth-order valence-electron chi connectivity index (χ4n) is 9.78. The largest absolute Gasteiger partial charge is 0.502 e. The second kappa shape index (κ2) is 20.8. The first-order valence-electron chi connectivity index (χ1n) is 22.9. The molecule has 0 saturated carbocycles. The highest BCUT2D eigenvalue weighted by Crippen LogP contribution is 2.57. The summed E-state index contributed by atoms with van der Waals surface area (Å²) in [7, 11) is 2.94. The third-order valence-corrected chi connectivity index (χ3v) is 13.1. The van der Waals surface area contributed by atoms with E-state index in [4.69, 9.17) is 52.1 Å². The average molecular weight is 923 g/mol.